The summed E-state index contributed by atoms with van der Waals surface area (Å²) >= 11 is 0. The molecular weight excluding hydrogens is 164 g/mol. The highest BCUT2D eigenvalue weighted by Gasteiger charge is 2.26. The predicted octanol–water partition coefficient (Wildman–Crippen LogP) is 0.439. The van der Waals surface area contributed by atoms with Gasteiger partial charge in [-0.1, -0.05) is 0 Å². The number of aliphatic hydroxyl groups excluding tert-OH is 1. The first-order chi connectivity index (χ1) is 6.15. The van der Waals surface area contributed by atoms with Crippen LogP contribution in [-0.2, 0) is 0 Å². The molecule has 1 heterocycles. The fourth-order valence-electron chi connectivity index (χ4n) is 2.03. The standard InChI is InChI=1S/C10H22N2O/c1-8(2)12-7-9(3)11-6-10(12)4-5-13/h8-11,13H,4-7H2,1-3H3. The lowest BCUT2D eigenvalue weighted by molar-refractivity contribution is 0.0822. The summed E-state index contributed by atoms with van der Waals surface area (Å²) in [5.74, 6) is 0. The molecular formula is C10H22N2O. The van der Waals surface area contributed by atoms with Gasteiger partial charge in [0.25, 0.3) is 0 Å². The molecule has 2 N–H and O–H groups in total. The van der Waals surface area contributed by atoms with Crippen molar-refractivity contribution >= 4 is 0 Å². The van der Waals surface area contributed by atoms with Crippen LogP contribution in [0.3, 0.4) is 0 Å². The van der Waals surface area contributed by atoms with E-state index in [1.165, 1.54) is 0 Å². The number of piperazine rings is 1. The van der Waals surface area contributed by atoms with Gasteiger partial charge in [-0.3, -0.25) is 4.90 Å². The summed E-state index contributed by atoms with van der Waals surface area (Å²) < 4.78 is 0. The average molecular weight is 186 g/mol. The van der Waals surface area contributed by atoms with Crippen molar-refractivity contribution in [1.29, 1.82) is 0 Å². The van der Waals surface area contributed by atoms with Gasteiger partial charge in [-0.15, -0.1) is 0 Å². The smallest absolute Gasteiger partial charge is 0.0446 e. The zero-order valence-electron chi connectivity index (χ0n) is 8.95. The summed E-state index contributed by atoms with van der Waals surface area (Å²) in [6.07, 6.45) is 0.887. The Morgan fingerprint density at radius 2 is 2.23 bits per heavy atom. The molecule has 3 nitrogen and oxygen atoms in total. The van der Waals surface area contributed by atoms with Crippen molar-refractivity contribution in [3.63, 3.8) is 0 Å². The van der Waals surface area contributed by atoms with Gasteiger partial charge in [0.1, 0.15) is 0 Å². The molecule has 0 aliphatic carbocycles. The molecule has 1 aliphatic heterocycles. The topological polar surface area (TPSA) is 35.5 Å². The van der Waals surface area contributed by atoms with Gasteiger partial charge in [0.05, 0.1) is 0 Å². The lowest BCUT2D eigenvalue weighted by Gasteiger charge is -2.41. The molecule has 0 bridgehead atoms. The monoisotopic (exact) mass is 186 g/mol. The minimum Gasteiger partial charge on any atom is -0.396 e. The van der Waals surface area contributed by atoms with Crippen LogP contribution in [0.15, 0.2) is 0 Å². The van der Waals surface area contributed by atoms with Gasteiger partial charge in [0.2, 0.25) is 0 Å². The number of nitrogens with one attached hydrogen (secondary N) is 1. The molecule has 78 valence electrons. The van der Waals surface area contributed by atoms with Crippen LogP contribution >= 0.6 is 0 Å². The van der Waals surface area contributed by atoms with Gasteiger partial charge in [-0.2, -0.15) is 0 Å². The Balaban J connectivity index is 2.50. The summed E-state index contributed by atoms with van der Waals surface area (Å²) in [4.78, 5) is 2.48. The third kappa shape index (κ3) is 2.93. The molecule has 3 heteroatoms. The van der Waals surface area contributed by atoms with Crippen molar-refractivity contribution in [3.8, 4) is 0 Å². The molecule has 0 aromatic rings. The quantitative estimate of drug-likeness (QED) is 0.671. The minimum absolute atomic E-state index is 0.296. The van der Waals surface area contributed by atoms with Crippen molar-refractivity contribution < 1.29 is 5.11 Å². The number of rotatable bonds is 3. The summed E-state index contributed by atoms with van der Waals surface area (Å²) in [6.45, 7) is 9.07. The lowest BCUT2D eigenvalue weighted by atomic mass is 10.1. The van der Waals surface area contributed by atoms with E-state index in [0.29, 0.717) is 24.7 Å². The van der Waals surface area contributed by atoms with Crippen LogP contribution in [0.25, 0.3) is 0 Å². The maximum Gasteiger partial charge on any atom is 0.0446 e. The van der Waals surface area contributed by atoms with Gasteiger partial charge in [-0.25, -0.2) is 0 Å². The maximum absolute atomic E-state index is 8.93. The molecule has 2 atom stereocenters. The van der Waals surface area contributed by atoms with E-state index in [9.17, 15) is 0 Å². The van der Waals surface area contributed by atoms with Crippen LogP contribution in [0.4, 0.5) is 0 Å². The minimum atomic E-state index is 0.296. The molecule has 0 saturated carbocycles. The molecule has 1 fully saturated rings. The summed E-state index contributed by atoms with van der Waals surface area (Å²) in [6, 6.07) is 1.68. The first-order valence-electron chi connectivity index (χ1n) is 5.25. The van der Waals surface area contributed by atoms with E-state index in [2.05, 4.69) is 31.0 Å². The van der Waals surface area contributed by atoms with E-state index < -0.39 is 0 Å². The Bertz CT molecular complexity index is 150. The fraction of sp³-hybridized carbons (Fsp3) is 1.00. The van der Waals surface area contributed by atoms with Crippen LogP contribution < -0.4 is 5.32 Å². The molecule has 1 rings (SSSR count). The zero-order chi connectivity index (χ0) is 9.84. The van der Waals surface area contributed by atoms with E-state index in [0.717, 1.165) is 19.5 Å². The van der Waals surface area contributed by atoms with Gasteiger partial charge in [0.15, 0.2) is 0 Å². The maximum atomic E-state index is 8.93. The third-order valence-electron chi connectivity index (χ3n) is 2.78. The highest BCUT2D eigenvalue weighted by molar-refractivity contribution is 4.85. The second-order valence-corrected chi connectivity index (χ2v) is 4.27. The Morgan fingerprint density at radius 1 is 1.54 bits per heavy atom. The van der Waals surface area contributed by atoms with Crippen molar-refractivity contribution in [2.45, 2.75) is 45.3 Å². The molecule has 1 aliphatic rings. The Morgan fingerprint density at radius 3 is 2.77 bits per heavy atom. The second kappa shape index (κ2) is 4.94. The number of aliphatic hydroxyl groups is 1. The van der Waals surface area contributed by atoms with Crippen LogP contribution in [0.1, 0.15) is 27.2 Å². The average Bonchev–Trinajstić information content (AvgIpc) is 2.08. The van der Waals surface area contributed by atoms with Crippen LogP contribution in [-0.4, -0.2) is 47.8 Å². The van der Waals surface area contributed by atoms with E-state index in [1.54, 1.807) is 0 Å². The predicted molar refractivity (Wildman–Crippen MR) is 54.8 cm³/mol. The van der Waals surface area contributed by atoms with Crippen LogP contribution in [0.5, 0.6) is 0 Å². The number of hydrogen-bond acceptors (Lipinski definition) is 3. The summed E-state index contributed by atoms with van der Waals surface area (Å²) in [7, 11) is 0. The molecule has 1 saturated heterocycles. The molecule has 0 spiro atoms. The van der Waals surface area contributed by atoms with Crippen molar-refractivity contribution in [1.82, 2.24) is 10.2 Å². The largest absolute Gasteiger partial charge is 0.396 e. The van der Waals surface area contributed by atoms with E-state index >= 15 is 0 Å². The van der Waals surface area contributed by atoms with E-state index in [4.69, 9.17) is 5.11 Å². The number of nitrogens with zero attached hydrogens (tertiary/aromatic N) is 1. The van der Waals surface area contributed by atoms with E-state index in [1.807, 2.05) is 0 Å². The van der Waals surface area contributed by atoms with Crippen LogP contribution in [0.2, 0.25) is 0 Å². The Hall–Kier alpha value is -0.120. The highest BCUT2D eigenvalue weighted by atomic mass is 16.3. The first kappa shape index (κ1) is 11.0. The first-order valence-corrected chi connectivity index (χ1v) is 5.25. The van der Waals surface area contributed by atoms with Gasteiger partial charge >= 0.3 is 0 Å². The van der Waals surface area contributed by atoms with Gasteiger partial charge in [-0.05, 0) is 27.2 Å². The third-order valence-corrected chi connectivity index (χ3v) is 2.78. The molecule has 0 aromatic heterocycles. The van der Waals surface area contributed by atoms with E-state index in [-0.39, 0.29) is 0 Å². The Labute approximate surface area is 81.1 Å². The Kier molecular flexibility index (Phi) is 4.16. The lowest BCUT2D eigenvalue weighted by Crippen LogP contribution is -2.57. The van der Waals surface area contributed by atoms with Crippen molar-refractivity contribution in [3.05, 3.63) is 0 Å². The summed E-state index contributed by atoms with van der Waals surface area (Å²) in [5.41, 5.74) is 0. The molecule has 0 radical (unpaired) electrons. The summed E-state index contributed by atoms with van der Waals surface area (Å²) in [5, 5.41) is 12.4. The van der Waals surface area contributed by atoms with Gasteiger partial charge in [0, 0.05) is 37.8 Å². The second-order valence-electron chi connectivity index (χ2n) is 4.27. The fourth-order valence-corrected chi connectivity index (χ4v) is 2.03. The number of hydrogen-bond donors (Lipinski definition) is 2. The normalized spacial score (nSPS) is 31.2. The SMILES string of the molecule is CC1CN(C(C)C)C(CCO)CN1. The van der Waals surface area contributed by atoms with Crippen LogP contribution in [0, 0.1) is 0 Å². The highest BCUT2D eigenvalue weighted by Crippen LogP contribution is 2.13. The molecule has 13 heavy (non-hydrogen) atoms. The zero-order valence-corrected chi connectivity index (χ0v) is 8.95. The molecule has 2 unspecified atom stereocenters. The van der Waals surface area contributed by atoms with Crippen molar-refractivity contribution in [2.75, 3.05) is 19.7 Å². The van der Waals surface area contributed by atoms with Gasteiger partial charge < -0.3 is 10.4 Å². The molecule has 0 amide bonds. The van der Waals surface area contributed by atoms with Crippen molar-refractivity contribution in [2.24, 2.45) is 0 Å². The molecule has 0 aromatic carbocycles.